The van der Waals surface area contributed by atoms with E-state index >= 15 is 0 Å². The van der Waals surface area contributed by atoms with Gasteiger partial charge in [0.25, 0.3) is 5.91 Å². The number of aryl methyl sites for hydroxylation is 1. The topological polar surface area (TPSA) is 71.8 Å². The number of methoxy groups -OCH3 is 1. The predicted octanol–water partition coefficient (Wildman–Crippen LogP) is 2.95. The molecule has 1 N–H and O–H groups in total. The molecule has 2 rings (SSSR count). The third-order valence-corrected chi connectivity index (χ3v) is 3.58. The largest absolute Gasteiger partial charge is 0.497 e. The van der Waals surface area contributed by atoms with Crippen LogP contribution in [0.1, 0.15) is 30.2 Å². The molecule has 0 aliphatic heterocycles. The van der Waals surface area contributed by atoms with Crippen molar-refractivity contribution in [1.82, 2.24) is 4.90 Å². The quantitative estimate of drug-likeness (QED) is 0.847. The fourth-order valence-corrected chi connectivity index (χ4v) is 2.24. The van der Waals surface area contributed by atoms with E-state index in [9.17, 15) is 9.59 Å². The Kier molecular flexibility index (Phi) is 6.01. The van der Waals surface area contributed by atoms with Gasteiger partial charge in [-0.1, -0.05) is 13.0 Å². The molecule has 24 heavy (non-hydrogen) atoms. The normalized spacial score (nSPS) is 10.3. The van der Waals surface area contributed by atoms with E-state index in [1.807, 2.05) is 13.8 Å². The Morgan fingerprint density at radius 2 is 2.00 bits per heavy atom. The lowest BCUT2D eigenvalue weighted by Gasteiger charge is -2.19. The molecule has 2 aromatic rings. The van der Waals surface area contributed by atoms with Gasteiger partial charge in [-0.15, -0.1) is 0 Å². The molecular weight excluding hydrogens is 308 g/mol. The minimum absolute atomic E-state index is 0.0469. The molecule has 0 fully saturated rings. The summed E-state index contributed by atoms with van der Waals surface area (Å²) in [5, 5.41) is 2.76. The van der Waals surface area contributed by atoms with Crippen molar-refractivity contribution in [2.75, 3.05) is 25.5 Å². The molecule has 0 bridgehead atoms. The number of anilines is 1. The van der Waals surface area contributed by atoms with Gasteiger partial charge < -0.3 is 19.4 Å². The Hall–Kier alpha value is -2.76. The molecule has 0 atom stereocenters. The number of likely N-dealkylation sites (N-methyl/N-ethyl adjacent to an activating group) is 1. The van der Waals surface area contributed by atoms with Crippen molar-refractivity contribution in [3.8, 4) is 5.75 Å². The van der Waals surface area contributed by atoms with Crippen LogP contribution >= 0.6 is 0 Å². The van der Waals surface area contributed by atoms with E-state index in [0.29, 0.717) is 18.0 Å². The average Bonchev–Trinajstić information content (AvgIpc) is 3.08. The van der Waals surface area contributed by atoms with Crippen molar-refractivity contribution in [2.45, 2.75) is 20.3 Å². The van der Waals surface area contributed by atoms with Crippen LogP contribution < -0.4 is 10.1 Å². The van der Waals surface area contributed by atoms with E-state index in [4.69, 9.17) is 9.15 Å². The predicted molar refractivity (Wildman–Crippen MR) is 91.3 cm³/mol. The Morgan fingerprint density at radius 3 is 2.62 bits per heavy atom. The molecule has 6 nitrogen and oxygen atoms in total. The van der Waals surface area contributed by atoms with Crippen LogP contribution in [0.2, 0.25) is 0 Å². The first-order valence-corrected chi connectivity index (χ1v) is 7.89. The number of carbonyl (C=O) groups is 2. The van der Waals surface area contributed by atoms with Crippen LogP contribution in [-0.2, 0) is 11.2 Å². The number of amides is 2. The second kappa shape index (κ2) is 8.19. The smallest absolute Gasteiger partial charge is 0.290 e. The molecule has 128 valence electrons. The molecule has 2 amide bonds. The van der Waals surface area contributed by atoms with Crippen LogP contribution in [0.3, 0.4) is 0 Å². The van der Waals surface area contributed by atoms with Crippen molar-refractivity contribution >= 4 is 17.5 Å². The van der Waals surface area contributed by atoms with Gasteiger partial charge in [-0.05, 0) is 31.2 Å². The maximum absolute atomic E-state index is 12.4. The monoisotopic (exact) mass is 330 g/mol. The molecule has 1 aromatic heterocycles. The maximum Gasteiger partial charge on any atom is 0.290 e. The number of carbonyl (C=O) groups excluding carboxylic acids is 2. The van der Waals surface area contributed by atoms with Gasteiger partial charge in [0.1, 0.15) is 18.1 Å². The lowest BCUT2D eigenvalue weighted by Crippen LogP contribution is -2.37. The highest BCUT2D eigenvalue weighted by Crippen LogP contribution is 2.17. The van der Waals surface area contributed by atoms with Crippen molar-refractivity contribution in [3.05, 3.63) is 47.9 Å². The zero-order valence-electron chi connectivity index (χ0n) is 14.2. The molecule has 6 heteroatoms. The summed E-state index contributed by atoms with van der Waals surface area (Å²) in [5.41, 5.74) is 0.620. The zero-order chi connectivity index (χ0) is 17.5. The first-order chi connectivity index (χ1) is 11.6. The molecule has 0 unspecified atom stereocenters. The van der Waals surface area contributed by atoms with Crippen molar-refractivity contribution in [3.63, 3.8) is 0 Å². The molecule has 0 aliphatic carbocycles. The summed E-state index contributed by atoms with van der Waals surface area (Å²) in [7, 11) is 1.56. The number of hydrogen-bond acceptors (Lipinski definition) is 4. The molecule has 0 aliphatic rings. The standard InChI is InChI=1S/C18H22N2O4/c1-4-14-9-10-16(24-14)18(22)20(5-2)12-17(21)19-13-7-6-8-15(11-13)23-3/h6-11H,4-5,12H2,1-3H3,(H,19,21). The van der Waals surface area contributed by atoms with Gasteiger partial charge >= 0.3 is 0 Å². The van der Waals surface area contributed by atoms with Gasteiger partial charge in [-0.25, -0.2) is 0 Å². The summed E-state index contributed by atoms with van der Waals surface area (Å²) in [6.45, 7) is 4.13. The number of benzene rings is 1. The number of rotatable bonds is 7. The van der Waals surface area contributed by atoms with Crippen LogP contribution in [0.15, 0.2) is 40.8 Å². The Balaban J connectivity index is 2.00. The van der Waals surface area contributed by atoms with Crippen LogP contribution in [0.4, 0.5) is 5.69 Å². The van der Waals surface area contributed by atoms with Crippen molar-refractivity contribution in [2.24, 2.45) is 0 Å². The van der Waals surface area contributed by atoms with Crippen LogP contribution in [0, 0.1) is 0 Å². The SMILES string of the molecule is CCc1ccc(C(=O)N(CC)CC(=O)Nc2cccc(OC)c2)o1. The molecule has 0 radical (unpaired) electrons. The highest BCUT2D eigenvalue weighted by atomic mass is 16.5. The lowest BCUT2D eigenvalue weighted by molar-refractivity contribution is -0.116. The van der Waals surface area contributed by atoms with E-state index < -0.39 is 0 Å². The maximum atomic E-state index is 12.4. The van der Waals surface area contributed by atoms with Gasteiger partial charge in [-0.3, -0.25) is 9.59 Å². The third kappa shape index (κ3) is 4.38. The van der Waals surface area contributed by atoms with Crippen molar-refractivity contribution < 1.29 is 18.7 Å². The summed E-state index contributed by atoms with van der Waals surface area (Å²) in [6.07, 6.45) is 0.718. The minimum atomic E-state index is -0.294. The van der Waals surface area contributed by atoms with Gasteiger partial charge in [0.15, 0.2) is 5.76 Å². The summed E-state index contributed by atoms with van der Waals surface area (Å²) in [6, 6.07) is 10.5. The first kappa shape index (κ1) is 17.6. The molecule has 1 aromatic carbocycles. The molecule has 0 saturated carbocycles. The van der Waals surface area contributed by atoms with Crippen LogP contribution in [0.5, 0.6) is 5.75 Å². The zero-order valence-corrected chi connectivity index (χ0v) is 14.2. The van der Waals surface area contributed by atoms with Gasteiger partial charge in [0.05, 0.1) is 7.11 Å². The van der Waals surface area contributed by atoms with Gasteiger partial charge in [0.2, 0.25) is 5.91 Å². The average molecular weight is 330 g/mol. The highest BCUT2D eigenvalue weighted by molar-refractivity contribution is 5.98. The van der Waals surface area contributed by atoms with E-state index in [0.717, 1.165) is 12.2 Å². The summed E-state index contributed by atoms with van der Waals surface area (Å²) in [4.78, 5) is 26.1. The fraction of sp³-hybridized carbons (Fsp3) is 0.333. The second-order valence-corrected chi connectivity index (χ2v) is 5.22. The number of nitrogens with zero attached hydrogens (tertiary/aromatic N) is 1. The first-order valence-electron chi connectivity index (χ1n) is 7.89. The second-order valence-electron chi connectivity index (χ2n) is 5.22. The van der Waals surface area contributed by atoms with Crippen LogP contribution in [-0.4, -0.2) is 36.9 Å². The molecule has 1 heterocycles. The Morgan fingerprint density at radius 1 is 1.21 bits per heavy atom. The summed E-state index contributed by atoms with van der Waals surface area (Å²) < 4.78 is 10.6. The van der Waals surface area contributed by atoms with E-state index in [-0.39, 0.29) is 24.1 Å². The number of nitrogens with one attached hydrogen (secondary N) is 1. The lowest BCUT2D eigenvalue weighted by atomic mass is 10.3. The fourth-order valence-electron chi connectivity index (χ4n) is 2.24. The molecule has 0 saturated heterocycles. The molecular formula is C18H22N2O4. The number of hydrogen-bond donors (Lipinski definition) is 1. The Labute approximate surface area is 141 Å². The van der Waals surface area contributed by atoms with Crippen molar-refractivity contribution in [1.29, 1.82) is 0 Å². The third-order valence-electron chi connectivity index (χ3n) is 3.58. The summed E-state index contributed by atoms with van der Waals surface area (Å²) in [5.74, 6) is 1.08. The van der Waals surface area contributed by atoms with Gasteiger partial charge in [-0.2, -0.15) is 0 Å². The Bertz CT molecular complexity index is 709. The van der Waals surface area contributed by atoms with E-state index in [1.165, 1.54) is 4.90 Å². The number of ether oxygens (including phenoxy) is 1. The highest BCUT2D eigenvalue weighted by Gasteiger charge is 2.20. The van der Waals surface area contributed by atoms with Crippen LogP contribution in [0.25, 0.3) is 0 Å². The molecule has 0 spiro atoms. The van der Waals surface area contributed by atoms with Gasteiger partial charge in [0, 0.05) is 24.7 Å². The summed E-state index contributed by atoms with van der Waals surface area (Å²) >= 11 is 0. The number of furan rings is 1. The van der Waals surface area contributed by atoms with E-state index in [2.05, 4.69) is 5.32 Å². The minimum Gasteiger partial charge on any atom is -0.497 e. The van der Waals surface area contributed by atoms with E-state index in [1.54, 1.807) is 43.5 Å².